The predicted octanol–water partition coefficient (Wildman–Crippen LogP) is 4.86. The van der Waals surface area contributed by atoms with E-state index in [9.17, 15) is 18.7 Å². The average Bonchev–Trinajstić information content (AvgIpc) is 2.97. The molecule has 1 atom stereocenters. The van der Waals surface area contributed by atoms with Crippen molar-refractivity contribution in [1.82, 2.24) is 0 Å². The molecule has 0 heterocycles. The van der Waals surface area contributed by atoms with Gasteiger partial charge in [-0.1, -0.05) is 42.0 Å². The Morgan fingerprint density at radius 2 is 1.97 bits per heavy atom. The molecule has 0 saturated heterocycles. The minimum absolute atomic E-state index is 0.0837. The number of rotatable bonds is 8. The highest BCUT2D eigenvalue weighted by Crippen LogP contribution is 2.58. The molecule has 0 amide bonds. The lowest BCUT2D eigenvalue weighted by molar-refractivity contribution is -0.137. The number of halogens is 3. The summed E-state index contributed by atoms with van der Waals surface area (Å²) in [7, 11) is 0. The van der Waals surface area contributed by atoms with Crippen molar-refractivity contribution in [2.75, 3.05) is 6.54 Å². The van der Waals surface area contributed by atoms with Crippen LogP contribution in [0.15, 0.2) is 47.6 Å². The largest absolute Gasteiger partial charge is 0.481 e. The van der Waals surface area contributed by atoms with E-state index >= 15 is 0 Å². The Bertz CT molecular complexity index is 1060. The number of allylic oxidation sites excluding steroid dienone is 1. The second-order valence-corrected chi connectivity index (χ2v) is 8.85. The summed E-state index contributed by atoms with van der Waals surface area (Å²) in [5.41, 5.74) is 6.57. The molecular formula is C23H23F2IN2O3. The first kappa shape index (κ1) is 23.3. The second-order valence-electron chi connectivity index (χ2n) is 7.50. The number of aliphatic carboxylic acids is 1. The molecule has 0 spiro atoms. The van der Waals surface area contributed by atoms with Crippen LogP contribution in [0.1, 0.15) is 41.5 Å². The monoisotopic (exact) mass is 540 g/mol. The van der Waals surface area contributed by atoms with Gasteiger partial charge in [-0.3, -0.25) is 9.79 Å². The van der Waals surface area contributed by atoms with Crippen molar-refractivity contribution in [3.63, 3.8) is 0 Å². The zero-order chi connectivity index (χ0) is 22.8. The minimum atomic E-state index is -3.44. The van der Waals surface area contributed by atoms with E-state index < -0.39 is 15.5 Å². The van der Waals surface area contributed by atoms with Crippen molar-refractivity contribution < 1.29 is 23.8 Å². The van der Waals surface area contributed by atoms with Crippen LogP contribution >= 0.6 is 22.6 Å². The van der Waals surface area contributed by atoms with Crippen LogP contribution in [-0.4, -0.2) is 32.9 Å². The van der Waals surface area contributed by atoms with Crippen LogP contribution < -0.4 is 5.73 Å². The quantitative estimate of drug-likeness (QED) is 0.193. The SMILES string of the molecule is Cc1cc(C(C=NCCCCC(=O)O)=CN)c2c(c1)C(O)(C(F)(F)I)c1ccccc1-2. The molecule has 1 unspecified atom stereocenters. The molecule has 8 heteroatoms. The number of aliphatic hydroxyl groups is 1. The molecule has 0 bridgehead atoms. The number of aliphatic imine (C=N–C) groups is 1. The summed E-state index contributed by atoms with van der Waals surface area (Å²) < 4.78 is 26.0. The van der Waals surface area contributed by atoms with Gasteiger partial charge in [0, 0.05) is 64.7 Å². The van der Waals surface area contributed by atoms with Gasteiger partial charge in [-0.15, -0.1) is 0 Å². The summed E-state index contributed by atoms with van der Waals surface area (Å²) in [5.74, 6) is -0.847. The molecule has 164 valence electrons. The number of carboxylic acid groups (broad SMARTS) is 1. The Morgan fingerprint density at radius 3 is 2.61 bits per heavy atom. The molecule has 0 aliphatic heterocycles. The maximum Gasteiger partial charge on any atom is 0.332 e. The van der Waals surface area contributed by atoms with Crippen molar-refractivity contribution in [2.45, 2.75) is 35.7 Å². The molecule has 0 radical (unpaired) electrons. The van der Waals surface area contributed by atoms with E-state index in [4.69, 9.17) is 10.8 Å². The fraction of sp³-hybridized carbons (Fsp3) is 0.304. The molecule has 3 rings (SSSR count). The second kappa shape index (κ2) is 9.04. The average molecular weight is 540 g/mol. The molecule has 5 nitrogen and oxygen atoms in total. The third kappa shape index (κ3) is 4.36. The van der Waals surface area contributed by atoms with Crippen LogP contribution in [-0.2, 0) is 10.4 Å². The van der Waals surface area contributed by atoms with E-state index in [-0.39, 0.29) is 17.5 Å². The molecule has 4 N–H and O–H groups in total. The summed E-state index contributed by atoms with van der Waals surface area (Å²) in [6.45, 7) is 2.20. The van der Waals surface area contributed by atoms with Crippen molar-refractivity contribution in [1.29, 1.82) is 0 Å². The van der Waals surface area contributed by atoms with Crippen LogP contribution in [0, 0.1) is 6.92 Å². The lowest BCUT2D eigenvalue weighted by Gasteiger charge is -2.30. The molecule has 2 aromatic rings. The predicted molar refractivity (Wildman–Crippen MR) is 126 cm³/mol. The van der Waals surface area contributed by atoms with Crippen molar-refractivity contribution in [3.05, 3.63) is 64.9 Å². The molecule has 1 aliphatic rings. The summed E-state index contributed by atoms with van der Waals surface area (Å²) in [6.07, 6.45) is 4.13. The van der Waals surface area contributed by atoms with Gasteiger partial charge in [0.1, 0.15) is 0 Å². The van der Waals surface area contributed by atoms with Gasteiger partial charge >= 0.3 is 9.90 Å². The summed E-state index contributed by atoms with van der Waals surface area (Å²) in [6, 6.07) is 10.0. The van der Waals surface area contributed by atoms with Gasteiger partial charge in [0.05, 0.1) is 0 Å². The first-order valence-corrected chi connectivity index (χ1v) is 10.9. The van der Waals surface area contributed by atoms with Gasteiger partial charge in [-0.25, -0.2) is 0 Å². The summed E-state index contributed by atoms with van der Waals surface area (Å²) in [4.78, 5) is 14.9. The molecule has 2 aromatic carbocycles. The highest BCUT2D eigenvalue weighted by Gasteiger charge is 2.58. The number of nitrogens with zero attached hydrogens (tertiary/aromatic N) is 1. The maximum absolute atomic E-state index is 14.7. The van der Waals surface area contributed by atoms with E-state index in [1.807, 2.05) is 6.07 Å². The Balaban J connectivity index is 2.06. The van der Waals surface area contributed by atoms with Gasteiger partial charge in [0.15, 0.2) is 5.60 Å². The van der Waals surface area contributed by atoms with E-state index in [0.29, 0.717) is 47.2 Å². The minimum Gasteiger partial charge on any atom is -0.481 e. The Hall–Kier alpha value is -2.33. The fourth-order valence-corrected chi connectivity index (χ4v) is 4.48. The number of unbranched alkanes of at least 4 members (excludes halogenated alkanes) is 1. The van der Waals surface area contributed by atoms with Gasteiger partial charge in [-0.2, -0.15) is 8.78 Å². The number of aryl methyl sites for hydroxylation is 1. The summed E-state index contributed by atoms with van der Waals surface area (Å²) in [5, 5.41) is 20.0. The molecule has 0 saturated carbocycles. The Morgan fingerprint density at radius 1 is 1.26 bits per heavy atom. The van der Waals surface area contributed by atoms with Gasteiger partial charge in [0.2, 0.25) is 0 Å². The third-order valence-electron chi connectivity index (χ3n) is 5.32. The standard InChI is InChI=1S/C23H23F2IN2O3/c1-14-10-17(15(12-27)13-28-9-5-4-8-20(29)30)21-16-6-2-3-7-18(16)22(31,19(21)11-14)23(24,25)26/h2-3,6-7,10-13,31H,4-5,8-9,27H2,1H3,(H,29,30). The third-order valence-corrected chi connectivity index (χ3v) is 6.10. The molecule has 1 aliphatic carbocycles. The lowest BCUT2D eigenvalue weighted by atomic mass is 9.88. The van der Waals surface area contributed by atoms with Crippen molar-refractivity contribution in [2.24, 2.45) is 10.7 Å². The van der Waals surface area contributed by atoms with Crippen molar-refractivity contribution in [3.8, 4) is 11.1 Å². The van der Waals surface area contributed by atoms with E-state index in [1.165, 1.54) is 12.3 Å². The number of carboxylic acids is 1. The fourth-order valence-electron chi connectivity index (χ4n) is 3.90. The number of hydrogen-bond acceptors (Lipinski definition) is 4. The number of hydrogen-bond donors (Lipinski definition) is 3. The topological polar surface area (TPSA) is 95.9 Å². The highest BCUT2D eigenvalue weighted by atomic mass is 127. The molecule has 0 fully saturated rings. The molecular weight excluding hydrogens is 517 g/mol. The zero-order valence-corrected chi connectivity index (χ0v) is 19.1. The van der Waals surface area contributed by atoms with Crippen LogP contribution in [0.3, 0.4) is 0 Å². The van der Waals surface area contributed by atoms with Gasteiger partial charge in [-0.05, 0) is 36.5 Å². The Kier molecular flexibility index (Phi) is 6.80. The zero-order valence-electron chi connectivity index (χ0n) is 16.9. The highest BCUT2D eigenvalue weighted by molar-refractivity contribution is 14.1. The number of carbonyl (C=O) groups is 1. The van der Waals surface area contributed by atoms with E-state index in [1.54, 1.807) is 37.4 Å². The number of alkyl halides is 3. The van der Waals surface area contributed by atoms with Crippen LogP contribution in [0.5, 0.6) is 0 Å². The van der Waals surface area contributed by atoms with Crippen LogP contribution in [0.25, 0.3) is 16.7 Å². The molecule has 0 aromatic heterocycles. The number of benzene rings is 2. The summed E-state index contributed by atoms with van der Waals surface area (Å²) >= 11 is 0.988. The number of fused-ring (bicyclic) bond motifs is 3. The van der Waals surface area contributed by atoms with Gasteiger partial charge in [0.25, 0.3) is 0 Å². The number of nitrogens with two attached hydrogens (primary N) is 1. The smallest absolute Gasteiger partial charge is 0.332 e. The Labute approximate surface area is 192 Å². The molecule has 31 heavy (non-hydrogen) atoms. The van der Waals surface area contributed by atoms with Crippen molar-refractivity contribution >= 4 is 40.3 Å². The van der Waals surface area contributed by atoms with E-state index in [2.05, 4.69) is 4.99 Å². The normalized spacial score (nSPS) is 18.3. The first-order valence-electron chi connectivity index (χ1n) is 9.79. The first-order chi connectivity index (χ1) is 14.6. The lowest BCUT2D eigenvalue weighted by Crippen LogP contribution is -2.40. The van der Waals surface area contributed by atoms with Gasteiger partial charge < -0.3 is 15.9 Å². The van der Waals surface area contributed by atoms with Crippen LogP contribution in [0.2, 0.25) is 0 Å². The van der Waals surface area contributed by atoms with Crippen LogP contribution in [0.4, 0.5) is 8.78 Å². The van der Waals surface area contributed by atoms with E-state index in [0.717, 1.165) is 22.6 Å². The maximum atomic E-state index is 14.7.